The highest BCUT2D eigenvalue weighted by Gasteiger charge is 2.00. The minimum absolute atomic E-state index is 0.342. The molecule has 162 valence electrons. The van der Waals surface area contributed by atoms with Gasteiger partial charge >= 0.3 is 5.97 Å². The number of carboxylic acids is 1. The second-order valence-corrected chi connectivity index (χ2v) is 8.44. The molecule has 0 aromatic rings. The molecule has 0 spiro atoms. The largest absolute Gasteiger partial charge is 0.481 e. The van der Waals surface area contributed by atoms with Crippen molar-refractivity contribution in [2.24, 2.45) is 0 Å². The number of rotatable bonds is 22. The SMILES string of the molecule is CCCCCNC(C)CCCCCCCCCCCCCCCCC(=O)O. The summed E-state index contributed by atoms with van der Waals surface area (Å²) >= 11 is 0. The lowest BCUT2D eigenvalue weighted by Crippen LogP contribution is -2.26. The normalized spacial score (nSPS) is 12.4. The van der Waals surface area contributed by atoms with Gasteiger partial charge in [0.1, 0.15) is 0 Å². The van der Waals surface area contributed by atoms with Gasteiger partial charge in [-0.2, -0.15) is 0 Å². The molecule has 0 aromatic heterocycles. The third-order valence-electron chi connectivity index (χ3n) is 5.55. The van der Waals surface area contributed by atoms with Crippen LogP contribution in [-0.2, 0) is 4.79 Å². The number of aliphatic carboxylic acids is 1. The molecule has 0 amide bonds. The predicted octanol–water partition coefficient (Wildman–Crippen LogP) is 7.48. The highest BCUT2D eigenvalue weighted by atomic mass is 16.4. The molecular weight excluding hydrogens is 334 g/mol. The summed E-state index contributed by atoms with van der Waals surface area (Å²) in [5.74, 6) is -0.653. The fourth-order valence-electron chi connectivity index (χ4n) is 3.67. The maximum Gasteiger partial charge on any atom is 0.303 e. The highest BCUT2D eigenvalue weighted by molar-refractivity contribution is 5.66. The molecule has 0 aromatic carbocycles. The van der Waals surface area contributed by atoms with Gasteiger partial charge in [-0.15, -0.1) is 0 Å². The Kier molecular flexibility index (Phi) is 21.3. The van der Waals surface area contributed by atoms with E-state index in [1.807, 2.05) is 0 Å². The van der Waals surface area contributed by atoms with Crippen LogP contribution >= 0.6 is 0 Å². The van der Waals surface area contributed by atoms with Crippen molar-refractivity contribution in [1.29, 1.82) is 0 Å². The highest BCUT2D eigenvalue weighted by Crippen LogP contribution is 2.14. The third-order valence-corrected chi connectivity index (χ3v) is 5.55. The van der Waals surface area contributed by atoms with Gasteiger partial charge < -0.3 is 10.4 Å². The number of carbonyl (C=O) groups is 1. The molecule has 0 saturated carbocycles. The Morgan fingerprint density at radius 1 is 0.704 bits per heavy atom. The number of carboxylic acid groups (broad SMARTS) is 1. The minimum Gasteiger partial charge on any atom is -0.481 e. The first-order valence-corrected chi connectivity index (χ1v) is 12.1. The van der Waals surface area contributed by atoms with Crippen molar-refractivity contribution >= 4 is 5.97 Å². The van der Waals surface area contributed by atoms with Crippen LogP contribution < -0.4 is 5.32 Å². The average Bonchev–Trinajstić information content (AvgIpc) is 2.64. The van der Waals surface area contributed by atoms with Crippen molar-refractivity contribution in [3.8, 4) is 0 Å². The van der Waals surface area contributed by atoms with Crippen molar-refractivity contribution in [1.82, 2.24) is 5.32 Å². The van der Waals surface area contributed by atoms with Crippen LogP contribution in [0.2, 0.25) is 0 Å². The second kappa shape index (κ2) is 21.7. The summed E-state index contributed by atoms with van der Waals surface area (Å²) in [7, 11) is 0. The summed E-state index contributed by atoms with van der Waals surface area (Å²) in [4.78, 5) is 10.4. The van der Waals surface area contributed by atoms with E-state index in [4.69, 9.17) is 5.11 Å². The molecule has 3 nitrogen and oxygen atoms in total. The molecule has 0 radical (unpaired) electrons. The molecule has 27 heavy (non-hydrogen) atoms. The summed E-state index contributed by atoms with van der Waals surface area (Å²) < 4.78 is 0. The first kappa shape index (κ1) is 26.4. The van der Waals surface area contributed by atoms with Crippen molar-refractivity contribution < 1.29 is 9.90 Å². The summed E-state index contributed by atoms with van der Waals surface area (Å²) in [6, 6.07) is 0.694. The Hall–Kier alpha value is -0.570. The zero-order valence-electron chi connectivity index (χ0n) is 18.6. The zero-order chi connectivity index (χ0) is 20.0. The molecule has 0 aliphatic carbocycles. The van der Waals surface area contributed by atoms with Gasteiger partial charge in [-0.25, -0.2) is 0 Å². The number of nitrogens with one attached hydrogen (secondary N) is 1. The first-order chi connectivity index (χ1) is 13.2. The fourth-order valence-corrected chi connectivity index (χ4v) is 3.67. The van der Waals surface area contributed by atoms with E-state index in [-0.39, 0.29) is 0 Å². The molecule has 0 rings (SSSR count). The molecule has 0 aliphatic rings. The average molecular weight is 384 g/mol. The van der Waals surface area contributed by atoms with Gasteiger partial charge in [0, 0.05) is 12.5 Å². The molecule has 2 N–H and O–H groups in total. The fraction of sp³-hybridized carbons (Fsp3) is 0.958. The third kappa shape index (κ3) is 23.4. The molecular formula is C24H49NO2. The van der Waals surface area contributed by atoms with E-state index in [0.717, 1.165) is 12.8 Å². The van der Waals surface area contributed by atoms with Crippen molar-refractivity contribution in [2.45, 2.75) is 142 Å². The first-order valence-electron chi connectivity index (χ1n) is 12.1. The van der Waals surface area contributed by atoms with Crippen LogP contribution in [0.4, 0.5) is 0 Å². The van der Waals surface area contributed by atoms with Crippen LogP contribution in [0.5, 0.6) is 0 Å². The van der Waals surface area contributed by atoms with Gasteiger partial charge in [0.05, 0.1) is 0 Å². The van der Waals surface area contributed by atoms with Crippen LogP contribution in [0.25, 0.3) is 0 Å². The van der Waals surface area contributed by atoms with Gasteiger partial charge in [-0.1, -0.05) is 103 Å². The molecule has 1 atom stereocenters. The maximum absolute atomic E-state index is 10.4. The Morgan fingerprint density at radius 2 is 1.15 bits per heavy atom. The van der Waals surface area contributed by atoms with E-state index < -0.39 is 5.97 Å². The number of hydrogen-bond acceptors (Lipinski definition) is 2. The van der Waals surface area contributed by atoms with Gasteiger partial charge in [0.25, 0.3) is 0 Å². The Labute approximate surface area is 170 Å². The van der Waals surface area contributed by atoms with E-state index in [2.05, 4.69) is 19.2 Å². The van der Waals surface area contributed by atoms with E-state index in [1.54, 1.807) is 0 Å². The molecule has 0 aliphatic heterocycles. The zero-order valence-corrected chi connectivity index (χ0v) is 18.6. The predicted molar refractivity (Wildman–Crippen MR) is 118 cm³/mol. The van der Waals surface area contributed by atoms with E-state index >= 15 is 0 Å². The summed E-state index contributed by atoms with van der Waals surface area (Å²) in [5, 5.41) is 12.2. The quantitative estimate of drug-likeness (QED) is 0.190. The second-order valence-electron chi connectivity index (χ2n) is 8.44. The molecule has 0 heterocycles. The van der Waals surface area contributed by atoms with E-state index in [9.17, 15) is 4.79 Å². The minimum atomic E-state index is -0.653. The lowest BCUT2D eigenvalue weighted by Gasteiger charge is -2.13. The van der Waals surface area contributed by atoms with Crippen molar-refractivity contribution in [2.75, 3.05) is 6.54 Å². The lowest BCUT2D eigenvalue weighted by atomic mass is 10.0. The van der Waals surface area contributed by atoms with E-state index in [0.29, 0.717) is 12.5 Å². The van der Waals surface area contributed by atoms with Gasteiger partial charge in [0.15, 0.2) is 0 Å². The monoisotopic (exact) mass is 383 g/mol. The van der Waals surface area contributed by atoms with Crippen LogP contribution in [0.3, 0.4) is 0 Å². The Bertz CT molecular complexity index is 307. The van der Waals surface area contributed by atoms with Gasteiger partial charge in [-0.05, 0) is 32.7 Å². The Balaban J connectivity index is 3.09. The summed E-state index contributed by atoms with van der Waals surface area (Å²) in [5.41, 5.74) is 0. The smallest absolute Gasteiger partial charge is 0.303 e. The molecule has 0 saturated heterocycles. The summed E-state index contributed by atoms with van der Waals surface area (Å²) in [6.07, 6.45) is 24.0. The lowest BCUT2D eigenvalue weighted by molar-refractivity contribution is -0.137. The summed E-state index contributed by atoms with van der Waals surface area (Å²) in [6.45, 7) is 5.79. The van der Waals surface area contributed by atoms with Crippen LogP contribution in [-0.4, -0.2) is 23.7 Å². The Morgan fingerprint density at radius 3 is 1.59 bits per heavy atom. The molecule has 0 bridgehead atoms. The van der Waals surface area contributed by atoms with Crippen molar-refractivity contribution in [3.63, 3.8) is 0 Å². The molecule has 1 unspecified atom stereocenters. The topological polar surface area (TPSA) is 49.3 Å². The van der Waals surface area contributed by atoms with Gasteiger partial charge in [-0.3, -0.25) is 4.79 Å². The van der Waals surface area contributed by atoms with Crippen LogP contribution in [0.15, 0.2) is 0 Å². The molecule has 0 fully saturated rings. The van der Waals surface area contributed by atoms with E-state index in [1.165, 1.54) is 109 Å². The van der Waals surface area contributed by atoms with Crippen LogP contribution in [0, 0.1) is 0 Å². The van der Waals surface area contributed by atoms with Gasteiger partial charge in [0.2, 0.25) is 0 Å². The van der Waals surface area contributed by atoms with Crippen LogP contribution in [0.1, 0.15) is 136 Å². The molecule has 3 heteroatoms. The number of hydrogen-bond donors (Lipinski definition) is 2. The number of unbranched alkanes of at least 4 members (excludes halogenated alkanes) is 15. The maximum atomic E-state index is 10.4. The standard InChI is InChI=1S/C24H49NO2/c1-3-4-19-22-25-23(2)20-17-15-13-11-9-7-5-6-8-10-12-14-16-18-21-24(26)27/h23,25H,3-22H2,1-2H3,(H,26,27). The van der Waals surface area contributed by atoms with Crippen molar-refractivity contribution in [3.05, 3.63) is 0 Å².